The summed E-state index contributed by atoms with van der Waals surface area (Å²) in [5, 5.41) is 4.03. The van der Waals surface area contributed by atoms with Gasteiger partial charge in [-0.05, 0) is 43.6 Å². The van der Waals surface area contributed by atoms with Gasteiger partial charge in [0.2, 0.25) is 5.91 Å². The lowest BCUT2D eigenvalue weighted by Gasteiger charge is -2.26. The molecule has 0 radical (unpaired) electrons. The summed E-state index contributed by atoms with van der Waals surface area (Å²) >= 11 is 12.1. The van der Waals surface area contributed by atoms with Gasteiger partial charge in [0.15, 0.2) is 0 Å². The van der Waals surface area contributed by atoms with Gasteiger partial charge in [-0.1, -0.05) is 35.7 Å². The molecule has 0 aromatic heterocycles. The summed E-state index contributed by atoms with van der Waals surface area (Å²) in [4.78, 5) is 14.3. The number of hydrogen-bond donors (Lipinski definition) is 1. The first-order valence-corrected chi connectivity index (χ1v) is 7.84. The molecular formula is C15H20Cl2N2O. The van der Waals surface area contributed by atoms with E-state index in [1.807, 2.05) is 0 Å². The standard InChI is InChI=1S/C15H20Cl2N2O/c16-13-5-4-6-14(17)12(13)11-15(20)18-7-10-19-8-2-1-3-9-19/h4-6H,1-3,7-11H2,(H,18,20). The second kappa shape index (κ2) is 7.87. The number of halogens is 2. The first kappa shape index (κ1) is 15.6. The maximum atomic E-state index is 11.9. The van der Waals surface area contributed by atoms with Crippen LogP contribution in [-0.2, 0) is 11.2 Å². The SMILES string of the molecule is O=C(Cc1c(Cl)cccc1Cl)NCCN1CCCCC1. The zero-order valence-corrected chi connectivity index (χ0v) is 13.0. The Hall–Kier alpha value is -0.770. The molecule has 110 valence electrons. The molecule has 1 aromatic carbocycles. The van der Waals surface area contributed by atoms with Crippen molar-refractivity contribution in [1.82, 2.24) is 10.2 Å². The Balaban J connectivity index is 1.75. The van der Waals surface area contributed by atoms with Crippen molar-refractivity contribution in [2.24, 2.45) is 0 Å². The Bertz CT molecular complexity index is 439. The molecule has 5 heteroatoms. The molecule has 1 aromatic rings. The lowest BCUT2D eigenvalue weighted by molar-refractivity contribution is -0.120. The molecule has 1 saturated heterocycles. The summed E-state index contributed by atoms with van der Waals surface area (Å²) in [7, 11) is 0. The third-order valence-corrected chi connectivity index (χ3v) is 4.31. The highest BCUT2D eigenvalue weighted by atomic mass is 35.5. The molecule has 1 amide bonds. The number of rotatable bonds is 5. The summed E-state index contributed by atoms with van der Waals surface area (Å²) in [5.74, 6) is -0.0305. The Kier molecular flexibility index (Phi) is 6.14. The molecule has 1 fully saturated rings. The number of hydrogen-bond acceptors (Lipinski definition) is 2. The Morgan fingerprint density at radius 2 is 1.80 bits per heavy atom. The van der Waals surface area contributed by atoms with Crippen molar-refractivity contribution in [2.75, 3.05) is 26.2 Å². The quantitative estimate of drug-likeness (QED) is 0.905. The van der Waals surface area contributed by atoms with Gasteiger partial charge in [-0.15, -0.1) is 0 Å². The predicted molar refractivity (Wildman–Crippen MR) is 83.5 cm³/mol. The smallest absolute Gasteiger partial charge is 0.224 e. The predicted octanol–water partition coefficient (Wildman–Crippen LogP) is 3.14. The molecule has 1 aliphatic rings. The molecule has 0 unspecified atom stereocenters. The Morgan fingerprint density at radius 1 is 1.15 bits per heavy atom. The highest BCUT2D eigenvalue weighted by Gasteiger charge is 2.12. The van der Waals surface area contributed by atoms with Crippen molar-refractivity contribution in [1.29, 1.82) is 0 Å². The zero-order chi connectivity index (χ0) is 14.4. The molecular weight excluding hydrogens is 295 g/mol. The molecule has 0 spiro atoms. The van der Waals surface area contributed by atoms with Crippen LogP contribution in [0.4, 0.5) is 0 Å². The topological polar surface area (TPSA) is 32.3 Å². The Labute approximate surface area is 130 Å². The lowest BCUT2D eigenvalue weighted by atomic mass is 10.1. The number of likely N-dealkylation sites (tertiary alicyclic amines) is 1. The van der Waals surface area contributed by atoms with Crippen LogP contribution >= 0.6 is 23.2 Å². The average Bonchev–Trinajstić information content (AvgIpc) is 2.44. The molecule has 2 rings (SSSR count). The van der Waals surface area contributed by atoms with E-state index < -0.39 is 0 Å². The van der Waals surface area contributed by atoms with E-state index in [9.17, 15) is 4.79 Å². The Morgan fingerprint density at radius 3 is 2.45 bits per heavy atom. The monoisotopic (exact) mass is 314 g/mol. The third-order valence-electron chi connectivity index (χ3n) is 3.60. The largest absolute Gasteiger partial charge is 0.355 e. The molecule has 20 heavy (non-hydrogen) atoms. The molecule has 1 N–H and O–H groups in total. The second-order valence-corrected chi connectivity index (χ2v) is 5.94. The summed E-state index contributed by atoms with van der Waals surface area (Å²) in [6.45, 7) is 3.89. The number of piperidine rings is 1. The fourth-order valence-corrected chi connectivity index (χ4v) is 2.99. The molecule has 1 heterocycles. The van der Waals surface area contributed by atoms with Crippen molar-refractivity contribution >= 4 is 29.1 Å². The average molecular weight is 315 g/mol. The number of carbonyl (C=O) groups excluding carboxylic acids is 1. The van der Waals surface area contributed by atoms with Gasteiger partial charge in [0.25, 0.3) is 0 Å². The van der Waals surface area contributed by atoms with E-state index in [4.69, 9.17) is 23.2 Å². The number of nitrogens with zero attached hydrogens (tertiary/aromatic N) is 1. The highest BCUT2D eigenvalue weighted by molar-refractivity contribution is 6.36. The van der Waals surface area contributed by atoms with E-state index in [1.54, 1.807) is 18.2 Å². The van der Waals surface area contributed by atoms with Gasteiger partial charge in [0.05, 0.1) is 6.42 Å². The number of amides is 1. The molecule has 0 bridgehead atoms. The van der Waals surface area contributed by atoms with E-state index in [-0.39, 0.29) is 12.3 Å². The molecule has 0 saturated carbocycles. The van der Waals surface area contributed by atoms with Gasteiger partial charge in [0.1, 0.15) is 0 Å². The highest BCUT2D eigenvalue weighted by Crippen LogP contribution is 2.24. The van der Waals surface area contributed by atoms with Crippen LogP contribution in [0, 0.1) is 0 Å². The van der Waals surface area contributed by atoms with Gasteiger partial charge >= 0.3 is 0 Å². The van der Waals surface area contributed by atoms with Crippen molar-refractivity contribution in [3.8, 4) is 0 Å². The second-order valence-electron chi connectivity index (χ2n) is 5.13. The first-order chi connectivity index (χ1) is 9.66. The number of nitrogens with one attached hydrogen (secondary N) is 1. The van der Waals surface area contributed by atoms with Crippen molar-refractivity contribution in [3.63, 3.8) is 0 Å². The minimum absolute atomic E-state index is 0.0305. The van der Waals surface area contributed by atoms with Gasteiger partial charge in [-0.25, -0.2) is 0 Å². The van der Waals surface area contributed by atoms with Crippen LogP contribution in [0.2, 0.25) is 10.0 Å². The molecule has 0 aliphatic carbocycles. The van der Waals surface area contributed by atoms with E-state index >= 15 is 0 Å². The van der Waals surface area contributed by atoms with Crippen molar-refractivity contribution in [3.05, 3.63) is 33.8 Å². The summed E-state index contributed by atoms with van der Waals surface area (Å²) < 4.78 is 0. The lowest BCUT2D eigenvalue weighted by Crippen LogP contribution is -2.38. The van der Waals surface area contributed by atoms with Crippen LogP contribution < -0.4 is 5.32 Å². The third kappa shape index (κ3) is 4.65. The fraction of sp³-hybridized carbons (Fsp3) is 0.533. The number of carbonyl (C=O) groups is 1. The van der Waals surface area contributed by atoms with Crippen LogP contribution in [0.5, 0.6) is 0 Å². The summed E-state index contributed by atoms with van der Waals surface area (Å²) in [6.07, 6.45) is 4.10. The van der Waals surface area contributed by atoms with Gasteiger partial charge < -0.3 is 10.2 Å². The van der Waals surface area contributed by atoms with Crippen molar-refractivity contribution in [2.45, 2.75) is 25.7 Å². The summed E-state index contributed by atoms with van der Waals surface area (Å²) in [5.41, 5.74) is 0.700. The van der Waals surface area contributed by atoms with Gasteiger partial charge in [-0.3, -0.25) is 4.79 Å². The number of benzene rings is 1. The summed E-state index contributed by atoms with van der Waals surface area (Å²) in [6, 6.07) is 5.29. The van der Waals surface area contributed by atoms with Crippen LogP contribution in [0.15, 0.2) is 18.2 Å². The van der Waals surface area contributed by atoms with Gasteiger partial charge in [0, 0.05) is 23.1 Å². The minimum atomic E-state index is -0.0305. The fourth-order valence-electron chi connectivity index (χ4n) is 2.46. The van der Waals surface area contributed by atoms with Crippen molar-refractivity contribution < 1.29 is 4.79 Å². The zero-order valence-electron chi connectivity index (χ0n) is 11.5. The van der Waals surface area contributed by atoms with Crippen LogP contribution in [0.3, 0.4) is 0 Å². The first-order valence-electron chi connectivity index (χ1n) is 7.09. The minimum Gasteiger partial charge on any atom is -0.355 e. The maximum Gasteiger partial charge on any atom is 0.224 e. The van der Waals surface area contributed by atoms with Crippen LogP contribution in [-0.4, -0.2) is 37.0 Å². The van der Waals surface area contributed by atoms with Crippen LogP contribution in [0.1, 0.15) is 24.8 Å². The van der Waals surface area contributed by atoms with E-state index in [1.165, 1.54) is 19.3 Å². The maximum absolute atomic E-state index is 11.9. The van der Waals surface area contributed by atoms with Crippen LogP contribution in [0.25, 0.3) is 0 Å². The molecule has 0 atom stereocenters. The molecule has 1 aliphatic heterocycles. The van der Waals surface area contributed by atoms with E-state index in [0.29, 0.717) is 22.2 Å². The van der Waals surface area contributed by atoms with E-state index in [0.717, 1.165) is 19.6 Å². The van der Waals surface area contributed by atoms with E-state index in [2.05, 4.69) is 10.2 Å². The van der Waals surface area contributed by atoms with Gasteiger partial charge in [-0.2, -0.15) is 0 Å². The molecule has 3 nitrogen and oxygen atoms in total. The normalized spacial score (nSPS) is 16.1.